The molecule has 0 radical (unpaired) electrons. The highest BCUT2D eigenvalue weighted by Gasteiger charge is 2.30. The van der Waals surface area contributed by atoms with Gasteiger partial charge in [-0.2, -0.15) is 0 Å². The molecule has 5 nitrogen and oxygen atoms in total. The third-order valence-corrected chi connectivity index (χ3v) is 3.57. The van der Waals surface area contributed by atoms with Crippen LogP contribution in [0.15, 0.2) is 18.3 Å². The van der Waals surface area contributed by atoms with Crippen LogP contribution < -0.4 is 16.0 Å². The minimum absolute atomic E-state index is 0.156. The van der Waals surface area contributed by atoms with Crippen LogP contribution in [0.4, 0.5) is 11.5 Å². The molecule has 2 aliphatic rings. The second kappa shape index (κ2) is 5.07. The largest absolute Gasteiger partial charge is 0.397 e. The summed E-state index contributed by atoms with van der Waals surface area (Å²) in [7, 11) is 0. The van der Waals surface area contributed by atoms with Gasteiger partial charge < -0.3 is 16.0 Å². The topological polar surface area (TPSA) is 71.2 Å². The number of nitrogens with two attached hydrogens (primary N) is 1. The van der Waals surface area contributed by atoms with Crippen LogP contribution >= 0.6 is 0 Å². The van der Waals surface area contributed by atoms with Gasteiger partial charge in [0.2, 0.25) is 5.91 Å². The summed E-state index contributed by atoms with van der Waals surface area (Å²) < 4.78 is 0. The minimum Gasteiger partial charge on any atom is -0.397 e. The lowest BCUT2D eigenvalue weighted by Gasteiger charge is -2.23. The van der Waals surface area contributed by atoms with Gasteiger partial charge in [-0.25, -0.2) is 4.98 Å². The van der Waals surface area contributed by atoms with Gasteiger partial charge in [-0.15, -0.1) is 0 Å². The van der Waals surface area contributed by atoms with Crippen molar-refractivity contribution in [1.29, 1.82) is 0 Å². The highest BCUT2D eigenvalue weighted by molar-refractivity contribution is 5.77. The average molecular weight is 260 g/mol. The van der Waals surface area contributed by atoms with Gasteiger partial charge in [0, 0.05) is 25.0 Å². The van der Waals surface area contributed by atoms with E-state index in [9.17, 15) is 4.79 Å². The Hall–Kier alpha value is -1.78. The van der Waals surface area contributed by atoms with Gasteiger partial charge in [-0.05, 0) is 37.8 Å². The number of rotatable bonds is 6. The summed E-state index contributed by atoms with van der Waals surface area (Å²) in [6.07, 6.45) is 6.87. The second-order valence-corrected chi connectivity index (χ2v) is 5.47. The van der Waals surface area contributed by atoms with Crippen molar-refractivity contribution in [1.82, 2.24) is 10.3 Å². The van der Waals surface area contributed by atoms with Crippen LogP contribution in [0.3, 0.4) is 0 Å². The molecule has 2 fully saturated rings. The monoisotopic (exact) mass is 260 g/mol. The molecule has 1 amide bonds. The SMILES string of the molecule is Nc1ccc(N(CCC(=O)NC2CC2)C2CC2)nc1. The van der Waals surface area contributed by atoms with E-state index >= 15 is 0 Å². The summed E-state index contributed by atoms with van der Waals surface area (Å²) >= 11 is 0. The van der Waals surface area contributed by atoms with Crippen molar-refractivity contribution in [3.05, 3.63) is 18.3 Å². The number of aromatic nitrogens is 1. The number of carbonyl (C=O) groups is 1. The Morgan fingerprint density at radius 1 is 1.37 bits per heavy atom. The fraction of sp³-hybridized carbons (Fsp3) is 0.571. The van der Waals surface area contributed by atoms with E-state index in [1.54, 1.807) is 6.20 Å². The quantitative estimate of drug-likeness (QED) is 0.809. The maximum atomic E-state index is 11.7. The highest BCUT2D eigenvalue weighted by atomic mass is 16.1. The van der Waals surface area contributed by atoms with Crippen molar-refractivity contribution >= 4 is 17.4 Å². The van der Waals surface area contributed by atoms with Crippen LogP contribution in [-0.4, -0.2) is 29.5 Å². The molecule has 1 heterocycles. The van der Waals surface area contributed by atoms with Gasteiger partial charge in [0.1, 0.15) is 5.82 Å². The average Bonchev–Trinajstić information content (AvgIpc) is 3.24. The summed E-state index contributed by atoms with van der Waals surface area (Å²) in [4.78, 5) is 18.3. The fourth-order valence-electron chi connectivity index (χ4n) is 2.19. The first kappa shape index (κ1) is 12.3. The number of nitrogens with one attached hydrogen (secondary N) is 1. The van der Waals surface area contributed by atoms with E-state index in [1.807, 2.05) is 12.1 Å². The number of nitrogen functional groups attached to an aromatic ring is 1. The summed E-state index contributed by atoms with van der Waals surface area (Å²) in [5, 5.41) is 3.02. The summed E-state index contributed by atoms with van der Waals surface area (Å²) in [6.45, 7) is 0.736. The van der Waals surface area contributed by atoms with Gasteiger partial charge in [0.05, 0.1) is 11.9 Å². The molecule has 2 aliphatic carbocycles. The molecule has 0 aliphatic heterocycles. The Labute approximate surface area is 113 Å². The predicted molar refractivity (Wildman–Crippen MR) is 74.8 cm³/mol. The minimum atomic E-state index is 0.156. The molecule has 1 aromatic heterocycles. The maximum Gasteiger partial charge on any atom is 0.221 e. The molecule has 0 atom stereocenters. The fourth-order valence-corrected chi connectivity index (χ4v) is 2.19. The van der Waals surface area contributed by atoms with Gasteiger partial charge in [-0.3, -0.25) is 4.79 Å². The van der Waals surface area contributed by atoms with Crippen LogP contribution in [0.1, 0.15) is 32.1 Å². The molecular weight excluding hydrogens is 240 g/mol. The first-order valence-electron chi connectivity index (χ1n) is 7.00. The second-order valence-electron chi connectivity index (χ2n) is 5.47. The molecule has 1 aromatic rings. The lowest BCUT2D eigenvalue weighted by molar-refractivity contribution is -0.121. The number of anilines is 2. The van der Waals surface area contributed by atoms with Crippen LogP contribution in [0.5, 0.6) is 0 Å². The third-order valence-electron chi connectivity index (χ3n) is 3.57. The van der Waals surface area contributed by atoms with E-state index in [-0.39, 0.29) is 5.91 Å². The molecule has 19 heavy (non-hydrogen) atoms. The lowest BCUT2D eigenvalue weighted by atomic mass is 10.3. The number of hydrogen-bond donors (Lipinski definition) is 2. The number of amides is 1. The van der Waals surface area contributed by atoms with Crippen molar-refractivity contribution in [2.45, 2.75) is 44.2 Å². The van der Waals surface area contributed by atoms with E-state index in [0.717, 1.165) is 25.2 Å². The summed E-state index contributed by atoms with van der Waals surface area (Å²) in [5.41, 5.74) is 6.33. The van der Waals surface area contributed by atoms with Crippen LogP contribution in [0, 0.1) is 0 Å². The van der Waals surface area contributed by atoms with Crippen LogP contribution in [0.25, 0.3) is 0 Å². The molecule has 3 rings (SSSR count). The highest BCUT2D eigenvalue weighted by Crippen LogP contribution is 2.30. The molecule has 0 aromatic carbocycles. The van der Waals surface area contributed by atoms with E-state index in [0.29, 0.717) is 24.2 Å². The molecule has 0 saturated heterocycles. The van der Waals surface area contributed by atoms with Crippen molar-refractivity contribution in [3.63, 3.8) is 0 Å². The van der Waals surface area contributed by atoms with Gasteiger partial charge >= 0.3 is 0 Å². The molecular formula is C14H20N4O. The van der Waals surface area contributed by atoms with E-state index in [4.69, 9.17) is 5.73 Å². The molecule has 2 saturated carbocycles. The van der Waals surface area contributed by atoms with E-state index in [1.165, 1.54) is 12.8 Å². The van der Waals surface area contributed by atoms with E-state index < -0.39 is 0 Å². The van der Waals surface area contributed by atoms with Gasteiger partial charge in [0.15, 0.2) is 0 Å². The zero-order valence-corrected chi connectivity index (χ0v) is 11.0. The molecule has 0 spiro atoms. The van der Waals surface area contributed by atoms with Crippen molar-refractivity contribution in [3.8, 4) is 0 Å². The number of carbonyl (C=O) groups excluding carboxylic acids is 1. The predicted octanol–water partition coefficient (Wildman–Crippen LogP) is 1.30. The van der Waals surface area contributed by atoms with Gasteiger partial charge in [0.25, 0.3) is 0 Å². The first-order chi connectivity index (χ1) is 9.22. The van der Waals surface area contributed by atoms with Crippen LogP contribution in [0.2, 0.25) is 0 Å². The third kappa shape index (κ3) is 3.36. The number of hydrogen-bond acceptors (Lipinski definition) is 4. The summed E-state index contributed by atoms with van der Waals surface area (Å²) in [6, 6.07) is 4.79. The standard InChI is InChI=1S/C14H20N4O/c15-10-1-6-13(16-9-10)18(12-4-5-12)8-7-14(19)17-11-2-3-11/h1,6,9,11-12H,2-5,7-8,15H2,(H,17,19). The Balaban J connectivity index is 1.57. The zero-order valence-electron chi connectivity index (χ0n) is 11.0. The van der Waals surface area contributed by atoms with Gasteiger partial charge in [-0.1, -0.05) is 0 Å². The van der Waals surface area contributed by atoms with Crippen molar-refractivity contribution in [2.24, 2.45) is 0 Å². The van der Waals surface area contributed by atoms with Crippen LogP contribution in [-0.2, 0) is 4.79 Å². The molecule has 0 unspecified atom stereocenters. The smallest absolute Gasteiger partial charge is 0.221 e. The molecule has 0 bridgehead atoms. The van der Waals surface area contributed by atoms with Crippen molar-refractivity contribution < 1.29 is 4.79 Å². The summed E-state index contributed by atoms with van der Waals surface area (Å²) in [5.74, 6) is 1.08. The molecule has 102 valence electrons. The van der Waals surface area contributed by atoms with Crippen molar-refractivity contribution in [2.75, 3.05) is 17.2 Å². The maximum absolute atomic E-state index is 11.7. The normalized spacial score (nSPS) is 18.1. The Morgan fingerprint density at radius 2 is 2.16 bits per heavy atom. The number of pyridine rings is 1. The molecule has 5 heteroatoms. The lowest BCUT2D eigenvalue weighted by Crippen LogP contribution is -2.33. The Kier molecular flexibility index (Phi) is 3.27. The Bertz CT molecular complexity index is 451. The Morgan fingerprint density at radius 3 is 2.74 bits per heavy atom. The zero-order chi connectivity index (χ0) is 13.2. The molecule has 3 N–H and O–H groups in total. The van der Waals surface area contributed by atoms with E-state index in [2.05, 4.69) is 15.2 Å². The number of nitrogens with zero attached hydrogens (tertiary/aromatic N) is 2. The first-order valence-corrected chi connectivity index (χ1v) is 7.00.